The zero-order valence-corrected chi connectivity index (χ0v) is 13.8. The maximum Gasteiger partial charge on any atom is 0.0616 e. The van der Waals surface area contributed by atoms with E-state index in [1.165, 1.54) is 77.4 Å². The lowest BCUT2D eigenvalue weighted by molar-refractivity contribution is 0.104. The number of rotatable bonds is 9. The van der Waals surface area contributed by atoms with Gasteiger partial charge in [-0.3, -0.25) is 0 Å². The van der Waals surface area contributed by atoms with E-state index in [0.717, 1.165) is 5.92 Å². The van der Waals surface area contributed by atoms with Crippen LogP contribution >= 0.6 is 0 Å². The van der Waals surface area contributed by atoms with E-state index in [4.69, 9.17) is 0 Å². The van der Waals surface area contributed by atoms with Crippen molar-refractivity contribution in [3.8, 4) is 0 Å². The minimum atomic E-state index is 0.0526. The predicted octanol–water partition coefficient (Wildman–Crippen LogP) is 2.78. The SMILES string of the molecule is CCN(CCC1CCCC1(CO)NC1CC1)CC1CCC1. The first-order valence-corrected chi connectivity index (χ1v) is 9.36. The second-order valence-corrected chi connectivity index (χ2v) is 7.80. The number of aliphatic hydroxyl groups is 1. The molecular formula is C18H34N2O. The Bertz CT molecular complexity index is 327. The summed E-state index contributed by atoms with van der Waals surface area (Å²) in [5.41, 5.74) is 0.0526. The number of hydrogen-bond acceptors (Lipinski definition) is 3. The van der Waals surface area contributed by atoms with Crippen LogP contribution in [-0.4, -0.2) is 47.8 Å². The fourth-order valence-electron chi connectivity index (χ4n) is 4.40. The first-order chi connectivity index (χ1) is 10.3. The number of nitrogens with zero attached hydrogens (tertiary/aromatic N) is 1. The van der Waals surface area contributed by atoms with Gasteiger partial charge < -0.3 is 15.3 Å². The highest BCUT2D eigenvalue weighted by Gasteiger charge is 2.44. The molecule has 21 heavy (non-hydrogen) atoms. The molecule has 2 N–H and O–H groups in total. The van der Waals surface area contributed by atoms with Gasteiger partial charge in [-0.2, -0.15) is 0 Å². The van der Waals surface area contributed by atoms with E-state index in [0.29, 0.717) is 18.6 Å². The lowest BCUT2D eigenvalue weighted by atomic mass is 9.83. The molecule has 0 aromatic rings. The summed E-state index contributed by atoms with van der Waals surface area (Å²) < 4.78 is 0. The minimum Gasteiger partial charge on any atom is -0.394 e. The van der Waals surface area contributed by atoms with Crippen LogP contribution in [0.5, 0.6) is 0 Å². The van der Waals surface area contributed by atoms with E-state index >= 15 is 0 Å². The van der Waals surface area contributed by atoms with Gasteiger partial charge in [0, 0.05) is 18.1 Å². The summed E-state index contributed by atoms with van der Waals surface area (Å²) in [4.78, 5) is 2.65. The Labute approximate surface area is 130 Å². The minimum absolute atomic E-state index is 0.0526. The lowest BCUT2D eigenvalue weighted by Crippen LogP contribution is -2.53. The van der Waals surface area contributed by atoms with Crippen LogP contribution in [0.25, 0.3) is 0 Å². The number of nitrogens with one attached hydrogen (secondary N) is 1. The second-order valence-electron chi connectivity index (χ2n) is 7.80. The predicted molar refractivity (Wildman–Crippen MR) is 87.4 cm³/mol. The Balaban J connectivity index is 1.49. The van der Waals surface area contributed by atoms with Crippen LogP contribution < -0.4 is 5.32 Å². The van der Waals surface area contributed by atoms with Crippen molar-refractivity contribution >= 4 is 0 Å². The summed E-state index contributed by atoms with van der Waals surface area (Å²) >= 11 is 0. The number of aliphatic hydroxyl groups excluding tert-OH is 1. The summed E-state index contributed by atoms with van der Waals surface area (Å²) in [7, 11) is 0. The fraction of sp³-hybridized carbons (Fsp3) is 1.00. The average Bonchev–Trinajstić information content (AvgIpc) is 3.17. The van der Waals surface area contributed by atoms with Crippen molar-refractivity contribution in [1.29, 1.82) is 0 Å². The summed E-state index contributed by atoms with van der Waals surface area (Å²) in [6.07, 6.45) is 12.0. The van der Waals surface area contributed by atoms with Crippen LogP contribution in [0.15, 0.2) is 0 Å². The van der Waals surface area contributed by atoms with Crippen molar-refractivity contribution in [2.45, 2.75) is 76.3 Å². The zero-order chi connectivity index (χ0) is 14.7. The molecule has 0 spiro atoms. The molecular weight excluding hydrogens is 260 g/mol. The van der Waals surface area contributed by atoms with Gasteiger partial charge >= 0.3 is 0 Å². The molecule has 0 amide bonds. The highest BCUT2D eigenvalue weighted by molar-refractivity contribution is 5.03. The Morgan fingerprint density at radius 3 is 2.52 bits per heavy atom. The average molecular weight is 294 g/mol. The highest BCUT2D eigenvalue weighted by atomic mass is 16.3. The molecule has 0 aromatic carbocycles. The smallest absolute Gasteiger partial charge is 0.0616 e. The standard InChI is InChI=1S/C18H34N2O/c1-2-20(13-15-5-3-6-15)12-10-16-7-4-11-18(16,14-21)19-17-8-9-17/h15-17,19,21H,2-14H2,1H3. The molecule has 3 rings (SSSR count). The van der Waals surface area contributed by atoms with Gasteiger partial charge in [0.05, 0.1) is 6.61 Å². The molecule has 3 heteroatoms. The molecule has 3 nitrogen and oxygen atoms in total. The van der Waals surface area contributed by atoms with Crippen LogP contribution in [0.1, 0.15) is 64.7 Å². The van der Waals surface area contributed by atoms with Crippen molar-refractivity contribution in [2.75, 3.05) is 26.2 Å². The summed E-state index contributed by atoms with van der Waals surface area (Å²) in [6, 6.07) is 0.704. The summed E-state index contributed by atoms with van der Waals surface area (Å²) in [5, 5.41) is 13.8. The molecule has 0 saturated heterocycles. The van der Waals surface area contributed by atoms with Gasteiger partial charge in [-0.15, -0.1) is 0 Å². The third-order valence-corrected chi connectivity index (χ3v) is 6.29. The first kappa shape index (κ1) is 15.8. The van der Waals surface area contributed by atoms with Crippen molar-refractivity contribution in [2.24, 2.45) is 11.8 Å². The quantitative estimate of drug-likeness (QED) is 0.686. The maximum absolute atomic E-state index is 10.0. The van der Waals surface area contributed by atoms with E-state index in [-0.39, 0.29) is 5.54 Å². The maximum atomic E-state index is 10.0. The largest absolute Gasteiger partial charge is 0.394 e. The van der Waals surface area contributed by atoms with Gasteiger partial charge in [-0.1, -0.05) is 19.8 Å². The van der Waals surface area contributed by atoms with Gasteiger partial charge in [0.25, 0.3) is 0 Å². The topological polar surface area (TPSA) is 35.5 Å². The van der Waals surface area contributed by atoms with Crippen molar-refractivity contribution in [3.63, 3.8) is 0 Å². The highest BCUT2D eigenvalue weighted by Crippen LogP contribution is 2.40. The van der Waals surface area contributed by atoms with E-state index < -0.39 is 0 Å². The third kappa shape index (κ3) is 3.80. The van der Waals surface area contributed by atoms with Crippen LogP contribution in [0.2, 0.25) is 0 Å². The molecule has 0 heterocycles. The summed E-state index contributed by atoms with van der Waals surface area (Å²) in [5.74, 6) is 1.65. The van der Waals surface area contributed by atoms with Crippen molar-refractivity contribution < 1.29 is 5.11 Å². The molecule has 3 aliphatic rings. The van der Waals surface area contributed by atoms with Gasteiger partial charge in [0.2, 0.25) is 0 Å². The second kappa shape index (κ2) is 6.97. The van der Waals surface area contributed by atoms with Gasteiger partial charge in [-0.05, 0) is 69.9 Å². The van der Waals surface area contributed by atoms with E-state index in [1.807, 2.05) is 0 Å². The zero-order valence-electron chi connectivity index (χ0n) is 13.8. The molecule has 0 aliphatic heterocycles. The van der Waals surface area contributed by atoms with Crippen LogP contribution in [0, 0.1) is 11.8 Å². The molecule has 0 bridgehead atoms. The number of hydrogen-bond donors (Lipinski definition) is 2. The van der Waals surface area contributed by atoms with Gasteiger partial charge in [-0.25, -0.2) is 0 Å². The molecule has 0 aromatic heterocycles. The molecule has 3 saturated carbocycles. The van der Waals surface area contributed by atoms with E-state index in [9.17, 15) is 5.11 Å². The lowest BCUT2D eigenvalue weighted by Gasteiger charge is -2.37. The fourth-order valence-corrected chi connectivity index (χ4v) is 4.40. The molecule has 3 aliphatic carbocycles. The molecule has 2 unspecified atom stereocenters. The van der Waals surface area contributed by atoms with Gasteiger partial charge in [0.1, 0.15) is 0 Å². The van der Waals surface area contributed by atoms with Crippen LogP contribution in [-0.2, 0) is 0 Å². The van der Waals surface area contributed by atoms with Crippen molar-refractivity contribution in [3.05, 3.63) is 0 Å². The normalized spacial score (nSPS) is 33.6. The Hall–Kier alpha value is -0.120. The van der Waals surface area contributed by atoms with Crippen LogP contribution in [0.4, 0.5) is 0 Å². The van der Waals surface area contributed by atoms with E-state index in [1.54, 1.807) is 0 Å². The van der Waals surface area contributed by atoms with Gasteiger partial charge in [0.15, 0.2) is 0 Å². The van der Waals surface area contributed by atoms with Crippen LogP contribution in [0.3, 0.4) is 0 Å². The van der Waals surface area contributed by atoms with Crippen molar-refractivity contribution in [1.82, 2.24) is 10.2 Å². The van der Waals surface area contributed by atoms with E-state index in [2.05, 4.69) is 17.1 Å². The third-order valence-electron chi connectivity index (χ3n) is 6.29. The monoisotopic (exact) mass is 294 g/mol. The molecule has 122 valence electrons. The molecule has 0 radical (unpaired) electrons. The molecule has 3 fully saturated rings. The summed E-state index contributed by atoms with van der Waals surface area (Å²) in [6.45, 7) is 6.36. The first-order valence-electron chi connectivity index (χ1n) is 9.36. The Morgan fingerprint density at radius 1 is 1.14 bits per heavy atom. The Morgan fingerprint density at radius 2 is 1.95 bits per heavy atom. The molecule has 2 atom stereocenters. The Kier molecular flexibility index (Phi) is 5.23.